The largest absolute Gasteiger partial charge is 0.497 e. The number of halogens is 2. The molecule has 3 aromatic rings. The van der Waals surface area contributed by atoms with Crippen LogP contribution >= 0.6 is 23.2 Å². The van der Waals surface area contributed by atoms with Crippen molar-refractivity contribution in [2.75, 3.05) is 19.5 Å². The third-order valence-corrected chi connectivity index (χ3v) is 4.04. The van der Waals surface area contributed by atoms with Crippen molar-refractivity contribution in [3.63, 3.8) is 0 Å². The molecule has 0 bridgehead atoms. The zero-order valence-corrected chi connectivity index (χ0v) is 15.1. The fourth-order valence-electron chi connectivity index (χ4n) is 2.22. The van der Waals surface area contributed by atoms with Crippen LogP contribution < -0.4 is 14.8 Å². The molecular weight excluding hydrogens is 365 g/mol. The molecule has 1 heterocycles. The molecule has 0 aliphatic rings. The normalized spacial score (nSPS) is 10.6. The first kappa shape index (κ1) is 17.4. The Morgan fingerprint density at radius 3 is 2.68 bits per heavy atom. The van der Waals surface area contributed by atoms with E-state index >= 15 is 0 Å². The van der Waals surface area contributed by atoms with Crippen LogP contribution in [0.1, 0.15) is 5.89 Å². The quantitative estimate of drug-likeness (QED) is 0.670. The lowest BCUT2D eigenvalue weighted by Gasteiger charge is -2.07. The maximum Gasteiger partial charge on any atom is 0.246 e. The van der Waals surface area contributed by atoms with Gasteiger partial charge in [0.2, 0.25) is 11.7 Å². The first-order valence-corrected chi connectivity index (χ1v) is 8.10. The molecule has 0 spiro atoms. The number of anilines is 1. The van der Waals surface area contributed by atoms with E-state index < -0.39 is 0 Å². The average molecular weight is 380 g/mol. The van der Waals surface area contributed by atoms with Crippen molar-refractivity contribution in [1.29, 1.82) is 0 Å². The van der Waals surface area contributed by atoms with Crippen molar-refractivity contribution in [3.05, 3.63) is 52.3 Å². The lowest BCUT2D eigenvalue weighted by Crippen LogP contribution is -2.00. The Balaban J connectivity index is 1.77. The van der Waals surface area contributed by atoms with Gasteiger partial charge in [0.1, 0.15) is 11.5 Å². The molecule has 0 aliphatic heterocycles. The summed E-state index contributed by atoms with van der Waals surface area (Å²) in [6, 6.07) is 10.5. The molecule has 0 atom stereocenters. The molecule has 8 heteroatoms. The predicted octanol–water partition coefficient (Wildman–Crippen LogP) is 4.67. The number of ether oxygens (including phenoxy) is 2. The highest BCUT2D eigenvalue weighted by Gasteiger charge is 2.14. The highest BCUT2D eigenvalue weighted by molar-refractivity contribution is 6.35. The van der Waals surface area contributed by atoms with Crippen molar-refractivity contribution in [1.82, 2.24) is 10.1 Å². The number of benzene rings is 2. The summed E-state index contributed by atoms with van der Waals surface area (Å²) in [4.78, 5) is 4.37. The number of hydrogen-bond donors (Lipinski definition) is 1. The Bertz CT molecular complexity index is 883. The summed E-state index contributed by atoms with van der Waals surface area (Å²) in [6.45, 7) is 0.311. The summed E-state index contributed by atoms with van der Waals surface area (Å²) in [5.41, 5.74) is 1.40. The van der Waals surface area contributed by atoms with Gasteiger partial charge in [0.15, 0.2) is 0 Å². The fraction of sp³-hybridized carbons (Fsp3) is 0.176. The van der Waals surface area contributed by atoms with E-state index in [1.165, 1.54) is 0 Å². The van der Waals surface area contributed by atoms with E-state index in [-0.39, 0.29) is 0 Å². The molecule has 0 amide bonds. The summed E-state index contributed by atoms with van der Waals surface area (Å²) >= 11 is 12.1. The van der Waals surface area contributed by atoms with Gasteiger partial charge in [0.25, 0.3) is 0 Å². The van der Waals surface area contributed by atoms with Crippen molar-refractivity contribution in [3.8, 4) is 22.9 Å². The van der Waals surface area contributed by atoms with Crippen LogP contribution in [-0.2, 0) is 6.54 Å². The first-order valence-electron chi connectivity index (χ1n) is 7.34. The summed E-state index contributed by atoms with van der Waals surface area (Å²) in [6.07, 6.45) is 0. The van der Waals surface area contributed by atoms with Crippen LogP contribution in [0.2, 0.25) is 10.0 Å². The summed E-state index contributed by atoms with van der Waals surface area (Å²) in [5, 5.41) is 8.26. The molecule has 0 radical (unpaired) electrons. The third-order valence-electron chi connectivity index (χ3n) is 3.48. The van der Waals surface area contributed by atoms with Gasteiger partial charge in [-0.15, -0.1) is 0 Å². The molecule has 6 nitrogen and oxygen atoms in total. The minimum atomic E-state index is 0.311. The Morgan fingerprint density at radius 1 is 1.08 bits per heavy atom. The van der Waals surface area contributed by atoms with Crippen LogP contribution in [0.25, 0.3) is 11.4 Å². The van der Waals surface area contributed by atoms with Gasteiger partial charge in [-0.2, -0.15) is 4.98 Å². The van der Waals surface area contributed by atoms with E-state index in [9.17, 15) is 0 Å². The summed E-state index contributed by atoms with van der Waals surface area (Å²) in [5.74, 6) is 2.11. The molecule has 0 aliphatic carbocycles. The standard InChI is InChI=1S/C17H15Cl2N3O3/c1-23-11-4-5-12(15(8-11)24-2)17-21-16(25-22-17)9-20-14-7-10(18)3-6-13(14)19/h3-8,20H,9H2,1-2H3. The predicted molar refractivity (Wildman–Crippen MR) is 96.6 cm³/mol. The topological polar surface area (TPSA) is 69.4 Å². The van der Waals surface area contributed by atoms with Gasteiger partial charge in [-0.05, 0) is 30.3 Å². The maximum atomic E-state index is 6.12. The van der Waals surface area contributed by atoms with E-state index in [4.69, 9.17) is 37.2 Å². The highest BCUT2D eigenvalue weighted by Crippen LogP contribution is 2.32. The van der Waals surface area contributed by atoms with Crippen LogP contribution in [0.4, 0.5) is 5.69 Å². The molecule has 1 N–H and O–H groups in total. The molecule has 3 rings (SSSR count). The summed E-state index contributed by atoms with van der Waals surface area (Å²) in [7, 11) is 3.16. The van der Waals surface area contributed by atoms with Gasteiger partial charge in [0, 0.05) is 11.1 Å². The minimum absolute atomic E-state index is 0.311. The molecule has 0 unspecified atom stereocenters. The molecule has 130 valence electrons. The SMILES string of the molecule is COc1ccc(-c2noc(CNc3cc(Cl)ccc3Cl)n2)c(OC)c1. The van der Waals surface area contributed by atoms with Crippen LogP contribution in [0.3, 0.4) is 0 Å². The van der Waals surface area contributed by atoms with E-state index in [1.54, 1.807) is 44.6 Å². The lowest BCUT2D eigenvalue weighted by atomic mass is 10.2. The number of hydrogen-bond acceptors (Lipinski definition) is 6. The Labute approximate surface area is 154 Å². The second kappa shape index (κ2) is 7.63. The molecular formula is C17H15Cl2N3O3. The van der Waals surface area contributed by atoms with Crippen molar-refractivity contribution in [2.24, 2.45) is 0 Å². The molecule has 25 heavy (non-hydrogen) atoms. The number of aromatic nitrogens is 2. The van der Waals surface area contributed by atoms with Crippen LogP contribution in [0.5, 0.6) is 11.5 Å². The van der Waals surface area contributed by atoms with E-state index in [1.807, 2.05) is 6.07 Å². The molecule has 0 saturated carbocycles. The zero-order chi connectivity index (χ0) is 17.8. The highest BCUT2D eigenvalue weighted by atomic mass is 35.5. The Morgan fingerprint density at radius 2 is 1.92 bits per heavy atom. The second-order valence-electron chi connectivity index (χ2n) is 5.06. The monoisotopic (exact) mass is 379 g/mol. The van der Waals surface area contributed by atoms with Gasteiger partial charge >= 0.3 is 0 Å². The van der Waals surface area contributed by atoms with Crippen LogP contribution in [0, 0.1) is 0 Å². The van der Waals surface area contributed by atoms with Gasteiger partial charge in [0.05, 0.1) is 37.0 Å². The molecule has 0 fully saturated rings. The number of methoxy groups -OCH3 is 2. The second-order valence-corrected chi connectivity index (χ2v) is 5.90. The van der Waals surface area contributed by atoms with E-state index in [0.29, 0.717) is 51.1 Å². The number of rotatable bonds is 6. The Kier molecular flexibility index (Phi) is 5.31. The van der Waals surface area contributed by atoms with Crippen LogP contribution in [0.15, 0.2) is 40.9 Å². The van der Waals surface area contributed by atoms with Crippen molar-refractivity contribution >= 4 is 28.9 Å². The van der Waals surface area contributed by atoms with Crippen LogP contribution in [-0.4, -0.2) is 24.4 Å². The van der Waals surface area contributed by atoms with Crippen molar-refractivity contribution in [2.45, 2.75) is 6.54 Å². The van der Waals surface area contributed by atoms with Gasteiger partial charge in [-0.3, -0.25) is 0 Å². The zero-order valence-electron chi connectivity index (χ0n) is 13.5. The van der Waals surface area contributed by atoms with E-state index in [2.05, 4.69) is 15.5 Å². The van der Waals surface area contributed by atoms with Gasteiger partial charge in [-0.1, -0.05) is 28.4 Å². The third kappa shape index (κ3) is 3.97. The number of nitrogens with one attached hydrogen (secondary N) is 1. The maximum absolute atomic E-state index is 6.12. The molecule has 0 saturated heterocycles. The minimum Gasteiger partial charge on any atom is -0.497 e. The van der Waals surface area contributed by atoms with Gasteiger partial charge < -0.3 is 19.3 Å². The molecule has 1 aromatic heterocycles. The average Bonchev–Trinajstić information content (AvgIpc) is 3.10. The Hall–Kier alpha value is -2.44. The van der Waals surface area contributed by atoms with Gasteiger partial charge in [-0.25, -0.2) is 0 Å². The van der Waals surface area contributed by atoms with Crippen molar-refractivity contribution < 1.29 is 14.0 Å². The first-order chi connectivity index (χ1) is 12.1. The van der Waals surface area contributed by atoms with E-state index in [0.717, 1.165) is 0 Å². The molecule has 2 aromatic carbocycles. The lowest BCUT2D eigenvalue weighted by molar-refractivity contribution is 0.382. The summed E-state index contributed by atoms with van der Waals surface area (Å²) < 4.78 is 15.8. The smallest absolute Gasteiger partial charge is 0.246 e. The number of nitrogens with zero attached hydrogens (tertiary/aromatic N) is 2. The fourth-order valence-corrected chi connectivity index (χ4v) is 2.58.